The molecule has 0 bridgehead atoms. The van der Waals surface area contributed by atoms with Gasteiger partial charge < -0.3 is 10.2 Å². The van der Waals surface area contributed by atoms with Crippen LogP contribution in [0.2, 0.25) is 0 Å². The van der Waals surface area contributed by atoms with Crippen molar-refractivity contribution in [3.05, 3.63) is 24.8 Å². The predicted molar refractivity (Wildman–Crippen MR) is 49.5 cm³/mol. The number of allylic oxidation sites excluding steroid dienone is 1. The average Bonchev–Trinajstić information content (AvgIpc) is 1.98. The summed E-state index contributed by atoms with van der Waals surface area (Å²) >= 11 is 0. The second-order valence-electron chi connectivity index (χ2n) is 2.26. The second-order valence-corrected chi connectivity index (χ2v) is 2.26. The van der Waals surface area contributed by atoms with Crippen molar-refractivity contribution in [1.29, 1.82) is 0 Å². The van der Waals surface area contributed by atoms with E-state index in [1.165, 1.54) is 0 Å². The normalized spacial score (nSPS) is 7.77. The molecule has 4 nitrogen and oxygen atoms in total. The van der Waals surface area contributed by atoms with Gasteiger partial charge in [0.25, 0.3) is 5.97 Å². The van der Waals surface area contributed by atoms with Crippen LogP contribution >= 0.6 is 0 Å². The number of aliphatic carboxylic acids is 2. The highest BCUT2D eigenvalue weighted by Crippen LogP contribution is 2.01. The van der Waals surface area contributed by atoms with Gasteiger partial charge in [-0.25, -0.2) is 4.79 Å². The number of hydrogen-bond donors (Lipinski definition) is 2. The summed E-state index contributed by atoms with van der Waals surface area (Å²) in [4.78, 5) is 19.1. The van der Waals surface area contributed by atoms with E-state index in [0.717, 1.165) is 6.92 Å². The van der Waals surface area contributed by atoms with E-state index in [1.54, 1.807) is 6.08 Å². The summed E-state index contributed by atoms with van der Waals surface area (Å²) in [7, 11) is 0. The van der Waals surface area contributed by atoms with Crippen LogP contribution in [0.3, 0.4) is 0 Å². The van der Waals surface area contributed by atoms with E-state index < -0.39 is 11.9 Å². The monoisotopic (exact) mass is 186 g/mol. The summed E-state index contributed by atoms with van der Waals surface area (Å²) in [5.41, 5.74) is 0.245. The van der Waals surface area contributed by atoms with Gasteiger partial charge in [0.05, 0.1) is 0 Å². The molecule has 0 aromatic carbocycles. The van der Waals surface area contributed by atoms with Crippen LogP contribution in [0.4, 0.5) is 0 Å². The first-order valence-corrected chi connectivity index (χ1v) is 3.63. The van der Waals surface area contributed by atoms with Crippen molar-refractivity contribution in [3.8, 4) is 0 Å². The minimum Gasteiger partial charge on any atom is -0.481 e. The molecule has 0 radical (unpaired) electrons. The van der Waals surface area contributed by atoms with Crippen molar-refractivity contribution in [2.75, 3.05) is 0 Å². The Bertz CT molecular complexity index is 202. The summed E-state index contributed by atoms with van der Waals surface area (Å²) in [6.07, 6.45) is 2.86. The van der Waals surface area contributed by atoms with E-state index in [1.807, 2.05) is 0 Å². The fraction of sp³-hybridized carbons (Fsp3) is 0.333. The SMILES string of the molecule is C=CCCC(=C)C(=O)O.CC(=O)O. The van der Waals surface area contributed by atoms with Crippen LogP contribution in [0.5, 0.6) is 0 Å². The number of carbonyl (C=O) groups is 2. The molecular weight excluding hydrogens is 172 g/mol. The van der Waals surface area contributed by atoms with E-state index in [4.69, 9.17) is 15.0 Å². The maximum absolute atomic E-state index is 10.1. The molecule has 0 saturated heterocycles. The zero-order chi connectivity index (χ0) is 10.9. The van der Waals surface area contributed by atoms with Gasteiger partial charge in [-0.3, -0.25) is 4.79 Å². The smallest absolute Gasteiger partial charge is 0.330 e. The van der Waals surface area contributed by atoms with Gasteiger partial charge >= 0.3 is 5.97 Å². The first-order chi connectivity index (χ1) is 5.91. The molecule has 0 aromatic rings. The van der Waals surface area contributed by atoms with E-state index >= 15 is 0 Å². The molecule has 0 aliphatic heterocycles. The number of hydrogen-bond acceptors (Lipinski definition) is 2. The lowest BCUT2D eigenvalue weighted by molar-refractivity contribution is -0.134. The molecule has 4 heteroatoms. The maximum Gasteiger partial charge on any atom is 0.330 e. The van der Waals surface area contributed by atoms with E-state index in [-0.39, 0.29) is 5.57 Å². The summed E-state index contributed by atoms with van der Waals surface area (Å²) in [6, 6.07) is 0. The minimum absolute atomic E-state index is 0.245. The first kappa shape index (κ1) is 14.0. The molecule has 0 heterocycles. The topological polar surface area (TPSA) is 74.6 Å². The summed E-state index contributed by atoms with van der Waals surface area (Å²) < 4.78 is 0. The number of carboxylic acid groups (broad SMARTS) is 2. The molecule has 13 heavy (non-hydrogen) atoms. The molecule has 74 valence electrons. The third-order valence-corrected chi connectivity index (χ3v) is 0.953. The third-order valence-electron chi connectivity index (χ3n) is 0.953. The van der Waals surface area contributed by atoms with Crippen LogP contribution in [0.1, 0.15) is 19.8 Å². The molecule has 0 fully saturated rings. The second kappa shape index (κ2) is 8.52. The van der Waals surface area contributed by atoms with Gasteiger partial charge in [0, 0.05) is 12.5 Å². The van der Waals surface area contributed by atoms with Crippen LogP contribution in [0.15, 0.2) is 24.8 Å². The Balaban J connectivity index is 0. The maximum atomic E-state index is 10.1. The van der Waals surface area contributed by atoms with E-state index in [2.05, 4.69) is 13.2 Å². The summed E-state index contributed by atoms with van der Waals surface area (Å²) in [5.74, 6) is -1.75. The Morgan fingerprint density at radius 3 is 2.00 bits per heavy atom. The molecule has 0 aliphatic rings. The Kier molecular flexibility index (Phi) is 9.15. The van der Waals surface area contributed by atoms with Crippen molar-refractivity contribution in [2.24, 2.45) is 0 Å². The van der Waals surface area contributed by atoms with Gasteiger partial charge in [-0.1, -0.05) is 12.7 Å². The zero-order valence-electron chi connectivity index (χ0n) is 7.62. The lowest BCUT2D eigenvalue weighted by Gasteiger charge is -1.93. The van der Waals surface area contributed by atoms with Crippen molar-refractivity contribution < 1.29 is 19.8 Å². The minimum atomic E-state index is -0.920. The average molecular weight is 186 g/mol. The Labute approximate surface area is 77.2 Å². The van der Waals surface area contributed by atoms with Crippen LogP contribution in [0.25, 0.3) is 0 Å². The quantitative estimate of drug-likeness (QED) is 0.517. The Morgan fingerprint density at radius 2 is 1.77 bits per heavy atom. The van der Waals surface area contributed by atoms with Crippen molar-refractivity contribution in [3.63, 3.8) is 0 Å². The highest BCUT2D eigenvalue weighted by molar-refractivity contribution is 5.85. The van der Waals surface area contributed by atoms with Crippen LogP contribution in [-0.4, -0.2) is 22.2 Å². The van der Waals surface area contributed by atoms with Crippen molar-refractivity contribution >= 4 is 11.9 Å². The van der Waals surface area contributed by atoms with Crippen molar-refractivity contribution in [1.82, 2.24) is 0 Å². The molecule has 0 rings (SSSR count). The van der Waals surface area contributed by atoms with Gasteiger partial charge in [-0.15, -0.1) is 6.58 Å². The molecule has 0 aliphatic carbocycles. The van der Waals surface area contributed by atoms with Gasteiger partial charge in [-0.2, -0.15) is 0 Å². The molecule has 2 N–H and O–H groups in total. The summed E-state index contributed by atoms with van der Waals surface area (Å²) in [5, 5.41) is 15.7. The van der Waals surface area contributed by atoms with Gasteiger partial charge in [0.2, 0.25) is 0 Å². The molecule has 0 aromatic heterocycles. The largest absolute Gasteiger partial charge is 0.481 e. The molecule has 0 unspecified atom stereocenters. The summed E-state index contributed by atoms with van der Waals surface area (Å²) in [6.45, 7) is 7.89. The fourth-order valence-electron chi connectivity index (χ4n) is 0.383. The number of carboxylic acids is 2. The lowest BCUT2D eigenvalue weighted by atomic mass is 10.2. The van der Waals surface area contributed by atoms with Crippen molar-refractivity contribution in [2.45, 2.75) is 19.8 Å². The predicted octanol–water partition coefficient (Wildman–Crippen LogP) is 1.68. The molecule has 0 saturated carbocycles. The van der Waals surface area contributed by atoms with Gasteiger partial charge in [0.15, 0.2) is 0 Å². The van der Waals surface area contributed by atoms with Crippen LogP contribution in [-0.2, 0) is 9.59 Å². The fourth-order valence-corrected chi connectivity index (χ4v) is 0.383. The van der Waals surface area contributed by atoms with Crippen LogP contribution < -0.4 is 0 Å². The van der Waals surface area contributed by atoms with E-state index in [9.17, 15) is 4.79 Å². The molecule has 0 atom stereocenters. The first-order valence-electron chi connectivity index (χ1n) is 3.63. The third kappa shape index (κ3) is 17.9. The van der Waals surface area contributed by atoms with Gasteiger partial charge in [0.1, 0.15) is 0 Å². The van der Waals surface area contributed by atoms with E-state index in [0.29, 0.717) is 12.8 Å². The highest BCUT2D eigenvalue weighted by Gasteiger charge is 1.99. The molecular formula is C9H14O4. The Hall–Kier alpha value is -1.58. The van der Waals surface area contributed by atoms with Gasteiger partial charge in [-0.05, 0) is 12.8 Å². The molecule has 0 spiro atoms. The highest BCUT2D eigenvalue weighted by atomic mass is 16.4. The standard InChI is InChI=1S/C7H10O2.C2H4O2/c1-3-4-5-6(2)7(8)9;1-2(3)4/h3H,1-2,4-5H2,(H,8,9);1H3,(H,3,4). The lowest BCUT2D eigenvalue weighted by Crippen LogP contribution is -1.97. The zero-order valence-corrected chi connectivity index (χ0v) is 7.62. The Morgan fingerprint density at radius 1 is 1.38 bits per heavy atom. The van der Waals surface area contributed by atoms with Crippen LogP contribution in [0, 0.1) is 0 Å². The molecule has 0 amide bonds. The number of rotatable bonds is 4.